The highest BCUT2D eigenvalue weighted by Crippen LogP contribution is 2.36. The predicted molar refractivity (Wildman–Crippen MR) is 48.5 cm³/mol. The summed E-state index contributed by atoms with van der Waals surface area (Å²) < 4.78 is 13.2. The van der Waals surface area contributed by atoms with Gasteiger partial charge >= 0.3 is 0 Å². The standard InChI is InChI=1S/C9H7ClFNO/c1-4-6-2-5(10)3-7(11)8(6)12-9(4)13/h2-4H,1H3,(H,12,13). The van der Waals surface area contributed by atoms with Crippen molar-refractivity contribution in [2.24, 2.45) is 0 Å². The Balaban J connectivity index is 2.63. The summed E-state index contributed by atoms with van der Waals surface area (Å²) in [7, 11) is 0. The molecule has 1 unspecified atom stereocenters. The van der Waals surface area contributed by atoms with E-state index in [4.69, 9.17) is 11.6 Å². The Morgan fingerprint density at radius 1 is 1.54 bits per heavy atom. The SMILES string of the molecule is CC1C(=O)Nc2c(F)cc(Cl)cc21. The molecule has 0 saturated carbocycles. The zero-order valence-electron chi connectivity index (χ0n) is 6.90. The second-order valence-corrected chi connectivity index (χ2v) is 3.50. The Kier molecular flexibility index (Phi) is 1.77. The Morgan fingerprint density at radius 2 is 2.23 bits per heavy atom. The van der Waals surface area contributed by atoms with Gasteiger partial charge in [-0.3, -0.25) is 4.79 Å². The van der Waals surface area contributed by atoms with E-state index in [9.17, 15) is 9.18 Å². The molecular formula is C9H7ClFNO. The predicted octanol–water partition coefficient (Wildman–Crippen LogP) is 2.53. The molecule has 0 fully saturated rings. The van der Waals surface area contributed by atoms with Crippen LogP contribution in [0.25, 0.3) is 0 Å². The van der Waals surface area contributed by atoms with Crippen LogP contribution in [0.15, 0.2) is 12.1 Å². The molecule has 1 aromatic carbocycles. The van der Waals surface area contributed by atoms with Gasteiger partial charge in [0.2, 0.25) is 5.91 Å². The van der Waals surface area contributed by atoms with E-state index in [1.165, 1.54) is 6.07 Å². The normalized spacial score (nSPS) is 19.9. The highest BCUT2D eigenvalue weighted by molar-refractivity contribution is 6.31. The van der Waals surface area contributed by atoms with Gasteiger partial charge in [-0.05, 0) is 24.6 Å². The lowest BCUT2D eigenvalue weighted by molar-refractivity contribution is -0.116. The van der Waals surface area contributed by atoms with Gasteiger partial charge in [0, 0.05) is 5.02 Å². The minimum Gasteiger partial charge on any atom is -0.323 e. The molecule has 0 aliphatic carbocycles. The van der Waals surface area contributed by atoms with Gasteiger partial charge in [-0.15, -0.1) is 0 Å². The highest BCUT2D eigenvalue weighted by Gasteiger charge is 2.29. The van der Waals surface area contributed by atoms with Crippen LogP contribution in [0.3, 0.4) is 0 Å². The first-order chi connectivity index (χ1) is 6.09. The molecule has 1 amide bonds. The third-order valence-electron chi connectivity index (χ3n) is 2.19. The van der Waals surface area contributed by atoms with Crippen LogP contribution in [0.5, 0.6) is 0 Å². The summed E-state index contributed by atoms with van der Waals surface area (Å²) in [4.78, 5) is 11.2. The van der Waals surface area contributed by atoms with E-state index < -0.39 is 5.82 Å². The molecule has 0 bridgehead atoms. The number of halogens is 2. The summed E-state index contributed by atoms with van der Waals surface area (Å²) in [6.45, 7) is 1.72. The first-order valence-corrected chi connectivity index (χ1v) is 4.27. The highest BCUT2D eigenvalue weighted by atomic mass is 35.5. The molecule has 13 heavy (non-hydrogen) atoms. The van der Waals surface area contributed by atoms with Crippen LogP contribution in [0.4, 0.5) is 10.1 Å². The summed E-state index contributed by atoms with van der Waals surface area (Å²) >= 11 is 5.66. The molecule has 1 atom stereocenters. The fourth-order valence-corrected chi connectivity index (χ4v) is 1.65. The quantitative estimate of drug-likeness (QED) is 0.684. The first-order valence-electron chi connectivity index (χ1n) is 3.89. The lowest BCUT2D eigenvalue weighted by Gasteiger charge is -2.02. The van der Waals surface area contributed by atoms with Gasteiger partial charge in [-0.1, -0.05) is 11.6 Å². The van der Waals surface area contributed by atoms with Gasteiger partial charge in [-0.25, -0.2) is 4.39 Å². The number of carbonyl (C=O) groups excluding carboxylic acids is 1. The summed E-state index contributed by atoms with van der Waals surface area (Å²) in [6.07, 6.45) is 0. The largest absolute Gasteiger partial charge is 0.323 e. The first kappa shape index (κ1) is 8.51. The van der Waals surface area contributed by atoms with Gasteiger partial charge in [0.1, 0.15) is 5.82 Å². The second kappa shape index (κ2) is 2.70. The number of amides is 1. The number of anilines is 1. The zero-order chi connectivity index (χ0) is 9.59. The molecular weight excluding hydrogens is 193 g/mol. The van der Waals surface area contributed by atoms with Crippen molar-refractivity contribution in [2.45, 2.75) is 12.8 Å². The van der Waals surface area contributed by atoms with Crippen LogP contribution in [0, 0.1) is 5.82 Å². The molecule has 0 saturated heterocycles. The van der Waals surface area contributed by atoms with E-state index in [0.29, 0.717) is 10.6 Å². The van der Waals surface area contributed by atoms with Crippen molar-refractivity contribution in [1.29, 1.82) is 0 Å². The van der Waals surface area contributed by atoms with E-state index in [2.05, 4.69) is 5.32 Å². The van der Waals surface area contributed by atoms with Crippen molar-refractivity contribution in [3.05, 3.63) is 28.5 Å². The van der Waals surface area contributed by atoms with Crippen molar-refractivity contribution < 1.29 is 9.18 Å². The van der Waals surface area contributed by atoms with Gasteiger partial charge in [-0.2, -0.15) is 0 Å². The molecule has 0 radical (unpaired) electrons. The Morgan fingerprint density at radius 3 is 2.92 bits per heavy atom. The third-order valence-corrected chi connectivity index (χ3v) is 2.41. The molecule has 1 heterocycles. The van der Waals surface area contributed by atoms with E-state index >= 15 is 0 Å². The van der Waals surface area contributed by atoms with Crippen molar-refractivity contribution in [3.63, 3.8) is 0 Å². The number of benzene rings is 1. The maximum Gasteiger partial charge on any atom is 0.231 e. The fraction of sp³-hybridized carbons (Fsp3) is 0.222. The number of carbonyl (C=O) groups is 1. The molecule has 0 aromatic heterocycles. The van der Waals surface area contributed by atoms with Crippen molar-refractivity contribution in [2.75, 3.05) is 5.32 Å². The van der Waals surface area contributed by atoms with Gasteiger partial charge in [0.05, 0.1) is 11.6 Å². The molecule has 1 aromatic rings. The summed E-state index contributed by atoms with van der Waals surface area (Å²) in [5.74, 6) is -0.973. The average molecular weight is 200 g/mol. The number of fused-ring (bicyclic) bond motifs is 1. The van der Waals surface area contributed by atoms with E-state index in [1.807, 2.05) is 0 Å². The van der Waals surface area contributed by atoms with Gasteiger partial charge in [0.25, 0.3) is 0 Å². The Bertz CT molecular complexity index is 391. The van der Waals surface area contributed by atoms with Crippen LogP contribution in [-0.4, -0.2) is 5.91 Å². The number of nitrogens with one attached hydrogen (secondary N) is 1. The molecule has 1 aliphatic heterocycles. The van der Waals surface area contributed by atoms with E-state index in [0.717, 1.165) is 0 Å². The summed E-state index contributed by atoms with van der Waals surface area (Å²) in [6, 6.07) is 2.81. The number of hydrogen-bond donors (Lipinski definition) is 1. The van der Waals surface area contributed by atoms with E-state index in [1.54, 1.807) is 13.0 Å². The molecule has 2 rings (SSSR count). The van der Waals surface area contributed by atoms with Gasteiger partial charge in [0.15, 0.2) is 0 Å². The third kappa shape index (κ3) is 1.20. The van der Waals surface area contributed by atoms with E-state index in [-0.39, 0.29) is 17.5 Å². The van der Waals surface area contributed by atoms with Crippen LogP contribution < -0.4 is 5.32 Å². The van der Waals surface area contributed by atoms with Crippen LogP contribution >= 0.6 is 11.6 Å². The average Bonchev–Trinajstić information content (AvgIpc) is 2.32. The van der Waals surface area contributed by atoms with Gasteiger partial charge < -0.3 is 5.32 Å². The molecule has 2 nitrogen and oxygen atoms in total. The van der Waals surface area contributed by atoms with Crippen molar-refractivity contribution >= 4 is 23.2 Å². The minimum atomic E-state index is -0.472. The fourth-order valence-electron chi connectivity index (χ4n) is 1.44. The molecule has 4 heteroatoms. The van der Waals surface area contributed by atoms with Crippen LogP contribution in [-0.2, 0) is 4.79 Å². The summed E-state index contributed by atoms with van der Waals surface area (Å²) in [5, 5.41) is 2.79. The van der Waals surface area contributed by atoms with Crippen LogP contribution in [0.1, 0.15) is 18.4 Å². The lowest BCUT2D eigenvalue weighted by Crippen LogP contribution is -2.08. The monoisotopic (exact) mass is 199 g/mol. The maximum atomic E-state index is 13.2. The van der Waals surface area contributed by atoms with Crippen molar-refractivity contribution in [3.8, 4) is 0 Å². The second-order valence-electron chi connectivity index (χ2n) is 3.06. The maximum absolute atomic E-state index is 13.2. The van der Waals surface area contributed by atoms with Crippen molar-refractivity contribution in [1.82, 2.24) is 0 Å². The smallest absolute Gasteiger partial charge is 0.231 e. The van der Waals surface area contributed by atoms with Crippen LogP contribution in [0.2, 0.25) is 5.02 Å². The molecule has 68 valence electrons. The minimum absolute atomic E-state index is 0.184. The molecule has 0 spiro atoms. The number of rotatable bonds is 0. The summed E-state index contributed by atoms with van der Waals surface area (Å²) in [5.41, 5.74) is 0.900. The Labute approximate surface area is 79.7 Å². The molecule has 1 aliphatic rings. The topological polar surface area (TPSA) is 29.1 Å². The molecule has 1 N–H and O–H groups in total. The zero-order valence-corrected chi connectivity index (χ0v) is 7.65. The Hall–Kier alpha value is -1.09. The number of hydrogen-bond acceptors (Lipinski definition) is 1. The lowest BCUT2D eigenvalue weighted by atomic mass is 10.0.